The van der Waals surface area contributed by atoms with Crippen molar-refractivity contribution >= 4 is 43.5 Å². The van der Waals surface area contributed by atoms with Crippen LogP contribution in [0, 0.1) is 0 Å². The molecule has 30 heavy (non-hydrogen) atoms. The Labute approximate surface area is 186 Å². The van der Waals surface area contributed by atoms with Crippen molar-refractivity contribution < 1.29 is 18.3 Å². The van der Waals surface area contributed by atoms with Gasteiger partial charge in [-0.2, -0.15) is 0 Å². The first-order valence-corrected chi connectivity index (χ1v) is 11.3. The summed E-state index contributed by atoms with van der Waals surface area (Å²) < 4.78 is 36.0. The number of hydrogen-bond acceptors (Lipinski definition) is 8. The number of aliphatic hydroxyl groups excluding tert-OH is 1. The summed E-state index contributed by atoms with van der Waals surface area (Å²) in [5.41, 5.74) is 0.557. The normalized spacial score (nSPS) is 13.8. The second-order valence-corrected chi connectivity index (χ2v) is 9.48. The Balaban J connectivity index is 1.96. The molecule has 2 N–H and O–H groups in total. The minimum atomic E-state index is -4.03. The molecule has 0 radical (unpaired) electrons. The number of ether oxygens (including phenoxy) is 1. The molecule has 2 atom stereocenters. The standard InChI is InChI=1S/C17H18BrClN6O4S/c1-10(15(29-2)16-20-7-11(19)8-21-16)30(27,28)24-17-23-22-14(9-26)25(17)13-6-4-3-5-12(13)18/h3-8,10,15,26H,9H2,1-2H3,(H,23,24)/t10-,15-/m0/s1. The van der Waals surface area contributed by atoms with Crippen LogP contribution >= 0.6 is 27.5 Å². The van der Waals surface area contributed by atoms with Crippen LogP contribution in [0.1, 0.15) is 24.7 Å². The molecule has 0 amide bonds. The minimum Gasteiger partial charge on any atom is -0.388 e. The van der Waals surface area contributed by atoms with Crippen molar-refractivity contribution in [3.05, 3.63) is 57.8 Å². The molecule has 10 nitrogen and oxygen atoms in total. The lowest BCUT2D eigenvalue weighted by Crippen LogP contribution is -2.33. The zero-order chi connectivity index (χ0) is 21.9. The topological polar surface area (TPSA) is 132 Å². The van der Waals surface area contributed by atoms with Gasteiger partial charge in [0.25, 0.3) is 0 Å². The highest BCUT2D eigenvalue weighted by Gasteiger charge is 2.34. The highest BCUT2D eigenvalue weighted by atomic mass is 79.9. The van der Waals surface area contributed by atoms with Gasteiger partial charge in [0.05, 0.1) is 10.7 Å². The third-order valence-corrected chi connectivity index (χ3v) is 6.82. The van der Waals surface area contributed by atoms with E-state index in [0.29, 0.717) is 15.2 Å². The SMILES string of the molecule is CO[C@H](c1ncc(Cl)cn1)[C@H](C)S(=O)(=O)Nc1nnc(CO)n1-c1ccccc1Br. The molecular formula is C17H18BrClN6O4S. The van der Waals surface area contributed by atoms with Crippen LogP contribution in [0.5, 0.6) is 0 Å². The van der Waals surface area contributed by atoms with E-state index in [1.165, 1.54) is 31.0 Å². The average molecular weight is 518 g/mol. The summed E-state index contributed by atoms with van der Waals surface area (Å²) >= 11 is 9.21. The second kappa shape index (κ2) is 9.35. The van der Waals surface area contributed by atoms with E-state index in [4.69, 9.17) is 16.3 Å². The van der Waals surface area contributed by atoms with E-state index in [2.05, 4.69) is 40.8 Å². The average Bonchev–Trinajstić information content (AvgIpc) is 3.12. The zero-order valence-electron chi connectivity index (χ0n) is 15.9. The van der Waals surface area contributed by atoms with Gasteiger partial charge in [-0.25, -0.2) is 18.4 Å². The Kier molecular flexibility index (Phi) is 7.03. The molecule has 2 heterocycles. The molecule has 0 unspecified atom stereocenters. The van der Waals surface area contributed by atoms with Crippen molar-refractivity contribution in [2.24, 2.45) is 0 Å². The number of rotatable bonds is 8. The molecule has 3 rings (SSSR count). The molecule has 0 saturated heterocycles. The lowest BCUT2D eigenvalue weighted by molar-refractivity contribution is 0.0950. The zero-order valence-corrected chi connectivity index (χ0v) is 19.1. The van der Waals surface area contributed by atoms with E-state index in [1.54, 1.807) is 24.3 Å². The Morgan fingerprint density at radius 2 is 1.93 bits per heavy atom. The molecule has 0 spiro atoms. The van der Waals surface area contributed by atoms with Crippen LogP contribution in [-0.4, -0.2) is 50.6 Å². The van der Waals surface area contributed by atoms with Crippen LogP contribution in [0.2, 0.25) is 5.02 Å². The van der Waals surface area contributed by atoms with Crippen molar-refractivity contribution in [1.82, 2.24) is 24.7 Å². The number of para-hydroxylation sites is 1. The number of aliphatic hydroxyl groups is 1. The number of aromatic nitrogens is 5. The number of nitrogens with zero attached hydrogens (tertiary/aromatic N) is 5. The number of halogens is 2. The maximum Gasteiger partial charge on any atom is 0.243 e. The summed E-state index contributed by atoms with van der Waals surface area (Å²) in [6.45, 7) is 1.02. The number of methoxy groups -OCH3 is 1. The fraction of sp³-hybridized carbons (Fsp3) is 0.294. The summed E-state index contributed by atoms with van der Waals surface area (Å²) in [5, 5.41) is 16.6. The Morgan fingerprint density at radius 3 is 2.53 bits per heavy atom. The molecule has 0 aliphatic carbocycles. The van der Waals surface area contributed by atoms with Crippen molar-refractivity contribution in [2.75, 3.05) is 11.8 Å². The van der Waals surface area contributed by atoms with Gasteiger partial charge in [0.2, 0.25) is 16.0 Å². The first-order valence-electron chi connectivity index (χ1n) is 8.60. The van der Waals surface area contributed by atoms with E-state index < -0.39 is 28.0 Å². The van der Waals surface area contributed by atoms with E-state index in [0.717, 1.165) is 0 Å². The minimum absolute atomic E-state index is 0.0790. The van der Waals surface area contributed by atoms with Crippen LogP contribution < -0.4 is 4.72 Å². The van der Waals surface area contributed by atoms with Crippen LogP contribution in [0.25, 0.3) is 5.69 Å². The van der Waals surface area contributed by atoms with Gasteiger partial charge in [-0.05, 0) is 35.0 Å². The molecule has 0 aliphatic heterocycles. The predicted octanol–water partition coefficient (Wildman–Crippen LogP) is 2.48. The van der Waals surface area contributed by atoms with Crippen molar-refractivity contribution in [3.63, 3.8) is 0 Å². The number of anilines is 1. The molecule has 2 aromatic heterocycles. The van der Waals surface area contributed by atoms with Crippen LogP contribution in [0.3, 0.4) is 0 Å². The van der Waals surface area contributed by atoms with Crippen LogP contribution in [0.4, 0.5) is 5.95 Å². The monoisotopic (exact) mass is 516 g/mol. The second-order valence-electron chi connectivity index (χ2n) is 6.15. The van der Waals surface area contributed by atoms with Crippen LogP contribution in [-0.2, 0) is 21.4 Å². The maximum atomic E-state index is 13.1. The molecule has 0 bridgehead atoms. The molecule has 1 aromatic carbocycles. The quantitative estimate of drug-likeness (QED) is 0.466. The van der Waals surface area contributed by atoms with Gasteiger partial charge in [0.15, 0.2) is 11.6 Å². The molecular weight excluding hydrogens is 500 g/mol. The maximum absolute atomic E-state index is 13.1. The van der Waals surface area contributed by atoms with Gasteiger partial charge < -0.3 is 9.84 Å². The summed E-state index contributed by atoms with van der Waals surface area (Å²) in [4.78, 5) is 8.10. The van der Waals surface area contributed by atoms with Gasteiger partial charge >= 0.3 is 0 Å². The fourth-order valence-electron chi connectivity index (χ4n) is 2.73. The first-order chi connectivity index (χ1) is 14.3. The van der Waals surface area contributed by atoms with Crippen molar-refractivity contribution in [1.29, 1.82) is 0 Å². The van der Waals surface area contributed by atoms with Gasteiger partial charge in [-0.3, -0.25) is 9.29 Å². The fourth-order valence-corrected chi connectivity index (χ4v) is 4.42. The lowest BCUT2D eigenvalue weighted by atomic mass is 10.2. The van der Waals surface area contributed by atoms with E-state index >= 15 is 0 Å². The largest absolute Gasteiger partial charge is 0.388 e. The molecule has 3 aromatic rings. The van der Waals surface area contributed by atoms with Gasteiger partial charge in [0, 0.05) is 24.0 Å². The summed E-state index contributed by atoms with van der Waals surface area (Å²) in [6.07, 6.45) is 1.76. The Bertz CT molecular complexity index is 1130. The van der Waals surface area contributed by atoms with Gasteiger partial charge in [-0.1, -0.05) is 23.7 Å². The molecule has 160 valence electrons. The molecule has 0 fully saturated rings. The number of benzene rings is 1. The van der Waals surface area contributed by atoms with Gasteiger partial charge in [0.1, 0.15) is 18.0 Å². The van der Waals surface area contributed by atoms with E-state index in [1.807, 2.05) is 0 Å². The summed E-state index contributed by atoms with van der Waals surface area (Å²) in [7, 11) is -2.67. The third kappa shape index (κ3) is 4.62. The molecule has 0 saturated carbocycles. The highest BCUT2D eigenvalue weighted by Crippen LogP contribution is 2.28. The summed E-state index contributed by atoms with van der Waals surface area (Å²) in [6, 6.07) is 7.07. The first kappa shape index (κ1) is 22.6. The molecule has 13 heteroatoms. The smallest absolute Gasteiger partial charge is 0.243 e. The van der Waals surface area contributed by atoms with Crippen molar-refractivity contribution in [2.45, 2.75) is 24.9 Å². The van der Waals surface area contributed by atoms with Gasteiger partial charge in [-0.15, -0.1) is 10.2 Å². The Morgan fingerprint density at radius 1 is 1.27 bits per heavy atom. The number of hydrogen-bond donors (Lipinski definition) is 2. The number of sulfonamides is 1. The summed E-state index contributed by atoms with van der Waals surface area (Å²) in [5.74, 6) is 0.254. The Hall–Kier alpha value is -2.12. The van der Waals surface area contributed by atoms with Crippen molar-refractivity contribution in [3.8, 4) is 5.69 Å². The highest BCUT2D eigenvalue weighted by molar-refractivity contribution is 9.10. The molecule has 0 aliphatic rings. The number of nitrogens with one attached hydrogen (secondary N) is 1. The van der Waals surface area contributed by atoms with Crippen LogP contribution in [0.15, 0.2) is 41.1 Å². The third-order valence-electron chi connectivity index (χ3n) is 4.26. The van der Waals surface area contributed by atoms with E-state index in [9.17, 15) is 13.5 Å². The van der Waals surface area contributed by atoms with E-state index in [-0.39, 0.29) is 17.6 Å². The lowest BCUT2D eigenvalue weighted by Gasteiger charge is -2.22. The predicted molar refractivity (Wildman–Crippen MR) is 114 cm³/mol.